The van der Waals surface area contributed by atoms with Gasteiger partial charge in [0, 0.05) is 6.54 Å². The Kier molecular flexibility index (Phi) is 3.91. The van der Waals surface area contributed by atoms with E-state index in [1.165, 1.54) is 45.4 Å². The van der Waals surface area contributed by atoms with E-state index in [-0.39, 0.29) is 0 Å². The maximum absolute atomic E-state index is 3.69. The molecule has 1 heterocycles. The van der Waals surface area contributed by atoms with Crippen molar-refractivity contribution in [1.82, 2.24) is 10.6 Å². The van der Waals surface area contributed by atoms with E-state index in [0.29, 0.717) is 5.41 Å². The lowest BCUT2D eigenvalue weighted by Crippen LogP contribution is -2.43. The molecule has 0 aromatic heterocycles. The zero-order chi connectivity index (χ0) is 11.6. The zero-order valence-corrected chi connectivity index (χ0v) is 11.2. The van der Waals surface area contributed by atoms with Crippen molar-refractivity contribution in [3.8, 4) is 0 Å². The van der Waals surface area contributed by atoms with Crippen LogP contribution in [0.15, 0.2) is 0 Å². The highest BCUT2D eigenvalue weighted by Gasteiger charge is 2.34. The highest BCUT2D eigenvalue weighted by Crippen LogP contribution is 2.37. The lowest BCUT2D eigenvalue weighted by atomic mass is 9.75. The third-order valence-corrected chi connectivity index (χ3v) is 4.67. The van der Waals surface area contributed by atoms with Crippen LogP contribution < -0.4 is 10.6 Å². The van der Waals surface area contributed by atoms with E-state index in [2.05, 4.69) is 31.4 Å². The van der Waals surface area contributed by atoms with Crippen LogP contribution in [0.3, 0.4) is 0 Å². The van der Waals surface area contributed by atoms with Gasteiger partial charge in [0.05, 0.1) is 0 Å². The molecule has 2 N–H and O–H groups in total. The van der Waals surface area contributed by atoms with Crippen molar-refractivity contribution >= 4 is 0 Å². The van der Waals surface area contributed by atoms with E-state index in [1.807, 2.05) is 0 Å². The quantitative estimate of drug-likeness (QED) is 0.748. The van der Waals surface area contributed by atoms with Crippen molar-refractivity contribution < 1.29 is 0 Å². The second kappa shape index (κ2) is 5.05. The van der Waals surface area contributed by atoms with Gasteiger partial charge in [-0.25, -0.2) is 0 Å². The molecule has 0 aromatic rings. The summed E-state index contributed by atoms with van der Waals surface area (Å²) in [4.78, 5) is 0. The van der Waals surface area contributed by atoms with Crippen molar-refractivity contribution in [2.45, 2.75) is 40.0 Å². The molecule has 1 aliphatic heterocycles. The molecule has 1 aliphatic carbocycles. The van der Waals surface area contributed by atoms with E-state index in [9.17, 15) is 0 Å². The fraction of sp³-hybridized carbons (Fsp3) is 1.00. The third-order valence-electron chi connectivity index (χ3n) is 4.67. The van der Waals surface area contributed by atoms with Crippen LogP contribution in [0.2, 0.25) is 0 Å². The second-order valence-corrected chi connectivity index (χ2v) is 6.64. The van der Waals surface area contributed by atoms with E-state index < -0.39 is 0 Å². The van der Waals surface area contributed by atoms with Crippen molar-refractivity contribution in [2.24, 2.45) is 23.2 Å². The highest BCUT2D eigenvalue weighted by atomic mass is 14.9. The molecule has 94 valence electrons. The molecular formula is C14H28N2. The van der Waals surface area contributed by atoms with Crippen molar-refractivity contribution in [3.63, 3.8) is 0 Å². The average molecular weight is 224 g/mol. The number of hydrogen-bond acceptors (Lipinski definition) is 2. The highest BCUT2D eigenvalue weighted by molar-refractivity contribution is 4.87. The van der Waals surface area contributed by atoms with Gasteiger partial charge in [0.15, 0.2) is 0 Å². The van der Waals surface area contributed by atoms with E-state index in [1.54, 1.807) is 0 Å². The first-order chi connectivity index (χ1) is 7.59. The molecule has 2 aliphatic rings. The Morgan fingerprint density at radius 2 is 2.12 bits per heavy atom. The summed E-state index contributed by atoms with van der Waals surface area (Å²) in [5.74, 6) is 2.80. The fourth-order valence-corrected chi connectivity index (χ4v) is 2.93. The van der Waals surface area contributed by atoms with Crippen molar-refractivity contribution in [3.05, 3.63) is 0 Å². The monoisotopic (exact) mass is 224 g/mol. The molecule has 3 unspecified atom stereocenters. The molecule has 1 saturated carbocycles. The van der Waals surface area contributed by atoms with Crippen LogP contribution in [-0.2, 0) is 0 Å². The molecule has 2 fully saturated rings. The molecule has 3 atom stereocenters. The van der Waals surface area contributed by atoms with Crippen molar-refractivity contribution in [1.29, 1.82) is 0 Å². The van der Waals surface area contributed by atoms with Crippen LogP contribution in [0.25, 0.3) is 0 Å². The summed E-state index contributed by atoms with van der Waals surface area (Å²) in [5, 5.41) is 7.22. The van der Waals surface area contributed by atoms with Crippen LogP contribution in [0, 0.1) is 23.2 Å². The van der Waals surface area contributed by atoms with Gasteiger partial charge in [0.2, 0.25) is 0 Å². The van der Waals surface area contributed by atoms with Crippen LogP contribution >= 0.6 is 0 Å². The second-order valence-electron chi connectivity index (χ2n) is 6.64. The lowest BCUT2D eigenvalue weighted by Gasteiger charge is -2.37. The SMILES string of the molecule is CC1CC1CNCC(C)(C)C1CCCNC1. The first kappa shape index (κ1) is 12.4. The molecule has 2 nitrogen and oxygen atoms in total. The molecule has 2 heteroatoms. The Bertz CT molecular complexity index is 219. The Labute approximate surface area is 101 Å². The summed E-state index contributed by atoms with van der Waals surface area (Å²) < 4.78 is 0. The molecular weight excluding hydrogens is 196 g/mol. The van der Waals surface area contributed by atoms with Gasteiger partial charge >= 0.3 is 0 Å². The van der Waals surface area contributed by atoms with Gasteiger partial charge in [0.1, 0.15) is 0 Å². The summed E-state index contributed by atoms with van der Waals surface area (Å²) in [6.45, 7) is 12.1. The van der Waals surface area contributed by atoms with Crippen LogP contribution in [-0.4, -0.2) is 26.2 Å². The molecule has 16 heavy (non-hydrogen) atoms. The minimum absolute atomic E-state index is 0.450. The molecule has 0 amide bonds. The minimum Gasteiger partial charge on any atom is -0.316 e. The molecule has 0 aromatic carbocycles. The maximum atomic E-state index is 3.69. The van der Waals surface area contributed by atoms with Gasteiger partial charge in [-0.1, -0.05) is 20.8 Å². The van der Waals surface area contributed by atoms with Gasteiger partial charge in [-0.05, 0) is 62.1 Å². The lowest BCUT2D eigenvalue weighted by molar-refractivity contribution is 0.166. The topological polar surface area (TPSA) is 24.1 Å². The summed E-state index contributed by atoms with van der Waals surface area (Å²) in [5.41, 5.74) is 0.450. The zero-order valence-electron chi connectivity index (χ0n) is 11.2. The van der Waals surface area contributed by atoms with Gasteiger partial charge in [-0.2, -0.15) is 0 Å². The fourth-order valence-electron chi connectivity index (χ4n) is 2.93. The van der Waals surface area contributed by atoms with Gasteiger partial charge in [0.25, 0.3) is 0 Å². The smallest absolute Gasteiger partial charge is 0.000576 e. The summed E-state index contributed by atoms with van der Waals surface area (Å²) in [7, 11) is 0. The Balaban J connectivity index is 1.68. The number of piperidine rings is 1. The normalized spacial score (nSPS) is 35.1. The predicted molar refractivity (Wildman–Crippen MR) is 69.5 cm³/mol. The Morgan fingerprint density at radius 3 is 2.69 bits per heavy atom. The number of nitrogens with one attached hydrogen (secondary N) is 2. The summed E-state index contributed by atoms with van der Waals surface area (Å²) >= 11 is 0. The standard InChI is InChI=1S/C14H28N2/c1-11-7-12(11)8-16-10-14(2,3)13-5-4-6-15-9-13/h11-13,15-16H,4-10H2,1-3H3. The Hall–Kier alpha value is -0.0800. The number of hydrogen-bond donors (Lipinski definition) is 2. The molecule has 0 bridgehead atoms. The average Bonchev–Trinajstić information content (AvgIpc) is 2.96. The summed E-state index contributed by atoms with van der Waals surface area (Å²) in [6, 6.07) is 0. The molecule has 0 radical (unpaired) electrons. The largest absolute Gasteiger partial charge is 0.316 e. The van der Waals surface area contributed by atoms with Crippen LogP contribution in [0.4, 0.5) is 0 Å². The first-order valence-corrected chi connectivity index (χ1v) is 7.01. The first-order valence-electron chi connectivity index (χ1n) is 7.01. The van der Waals surface area contributed by atoms with Crippen LogP contribution in [0.1, 0.15) is 40.0 Å². The van der Waals surface area contributed by atoms with Crippen molar-refractivity contribution in [2.75, 3.05) is 26.2 Å². The Morgan fingerprint density at radius 1 is 1.38 bits per heavy atom. The third kappa shape index (κ3) is 3.21. The van der Waals surface area contributed by atoms with E-state index in [4.69, 9.17) is 0 Å². The van der Waals surface area contributed by atoms with Gasteiger partial charge < -0.3 is 10.6 Å². The van der Waals surface area contributed by atoms with Gasteiger partial charge in [-0.3, -0.25) is 0 Å². The van der Waals surface area contributed by atoms with Gasteiger partial charge in [-0.15, -0.1) is 0 Å². The minimum atomic E-state index is 0.450. The molecule has 2 rings (SSSR count). The maximum Gasteiger partial charge on any atom is 0.000576 e. The van der Waals surface area contributed by atoms with Crippen LogP contribution in [0.5, 0.6) is 0 Å². The summed E-state index contributed by atoms with van der Waals surface area (Å²) in [6.07, 6.45) is 4.20. The van der Waals surface area contributed by atoms with E-state index >= 15 is 0 Å². The molecule has 0 spiro atoms. The number of rotatable bonds is 5. The molecule has 1 saturated heterocycles. The van der Waals surface area contributed by atoms with E-state index in [0.717, 1.165) is 17.8 Å². The predicted octanol–water partition coefficient (Wildman–Crippen LogP) is 2.26.